The van der Waals surface area contributed by atoms with Gasteiger partial charge in [0.25, 0.3) is 0 Å². The SMILES string of the molecule is CCCCC(=O)N(Cc1ccc(-c2cc(-c3ccccc3)ccc2-c2nn[nH]n2)cc1)[C@]1(C(=O)O)CC[C@@H](C)CC1. The van der Waals surface area contributed by atoms with Crippen molar-refractivity contribution in [1.29, 1.82) is 0 Å². The minimum atomic E-state index is -1.16. The molecule has 212 valence electrons. The van der Waals surface area contributed by atoms with E-state index in [1.807, 2.05) is 55.5 Å². The van der Waals surface area contributed by atoms with Crippen LogP contribution in [0.15, 0.2) is 72.8 Å². The van der Waals surface area contributed by atoms with Crippen LogP contribution in [-0.4, -0.2) is 48.0 Å². The molecule has 1 saturated carbocycles. The van der Waals surface area contributed by atoms with Crippen LogP contribution >= 0.6 is 0 Å². The van der Waals surface area contributed by atoms with Crippen LogP contribution in [0.4, 0.5) is 0 Å². The van der Waals surface area contributed by atoms with E-state index >= 15 is 0 Å². The number of amides is 1. The second-order valence-corrected chi connectivity index (χ2v) is 11.2. The Morgan fingerprint density at radius 1 is 0.951 bits per heavy atom. The molecule has 41 heavy (non-hydrogen) atoms. The van der Waals surface area contributed by atoms with Crippen LogP contribution in [0.1, 0.15) is 64.4 Å². The lowest BCUT2D eigenvalue weighted by Gasteiger charge is -2.44. The van der Waals surface area contributed by atoms with Crippen LogP contribution in [-0.2, 0) is 16.1 Å². The van der Waals surface area contributed by atoms with Crippen LogP contribution in [0.3, 0.4) is 0 Å². The summed E-state index contributed by atoms with van der Waals surface area (Å²) in [6.07, 6.45) is 4.57. The van der Waals surface area contributed by atoms with Crippen molar-refractivity contribution in [2.45, 2.75) is 70.9 Å². The lowest BCUT2D eigenvalue weighted by atomic mass is 9.75. The Kier molecular flexibility index (Phi) is 8.57. The monoisotopic (exact) mass is 551 g/mol. The minimum absolute atomic E-state index is 0.0807. The molecule has 1 aromatic heterocycles. The van der Waals surface area contributed by atoms with Gasteiger partial charge in [-0.05, 0) is 83.2 Å². The Hall–Kier alpha value is -4.33. The highest BCUT2D eigenvalue weighted by Gasteiger charge is 2.48. The number of aromatic amines is 1. The normalized spacial score (nSPS) is 18.6. The summed E-state index contributed by atoms with van der Waals surface area (Å²) in [6, 6.07) is 24.4. The van der Waals surface area contributed by atoms with Gasteiger partial charge in [0.2, 0.25) is 11.7 Å². The summed E-state index contributed by atoms with van der Waals surface area (Å²) in [5.74, 6) is -0.00287. The Labute approximate surface area is 240 Å². The van der Waals surface area contributed by atoms with E-state index < -0.39 is 11.5 Å². The predicted molar refractivity (Wildman–Crippen MR) is 159 cm³/mol. The fourth-order valence-electron chi connectivity index (χ4n) is 5.82. The van der Waals surface area contributed by atoms with Gasteiger partial charge in [0.05, 0.1) is 0 Å². The number of aromatic nitrogens is 4. The highest BCUT2D eigenvalue weighted by molar-refractivity contribution is 5.88. The molecule has 8 heteroatoms. The largest absolute Gasteiger partial charge is 0.479 e. The van der Waals surface area contributed by atoms with Gasteiger partial charge < -0.3 is 10.0 Å². The predicted octanol–water partition coefficient (Wildman–Crippen LogP) is 6.75. The van der Waals surface area contributed by atoms with Crippen molar-refractivity contribution < 1.29 is 14.7 Å². The number of unbranched alkanes of at least 4 members (excludes halogenated alkanes) is 1. The smallest absolute Gasteiger partial charge is 0.329 e. The van der Waals surface area contributed by atoms with Gasteiger partial charge in [0.1, 0.15) is 5.54 Å². The number of tetrazole rings is 1. The summed E-state index contributed by atoms with van der Waals surface area (Å²) in [6.45, 7) is 4.47. The van der Waals surface area contributed by atoms with Crippen molar-refractivity contribution in [1.82, 2.24) is 25.5 Å². The van der Waals surface area contributed by atoms with Crippen LogP contribution in [0.2, 0.25) is 0 Å². The molecular formula is C33H37N5O3. The number of carbonyl (C=O) groups excluding carboxylic acids is 1. The number of aliphatic carboxylic acids is 1. The van der Waals surface area contributed by atoms with Crippen molar-refractivity contribution in [3.05, 3.63) is 78.4 Å². The van der Waals surface area contributed by atoms with E-state index in [2.05, 4.69) is 51.8 Å². The summed E-state index contributed by atoms with van der Waals surface area (Å²) >= 11 is 0. The van der Waals surface area contributed by atoms with Gasteiger partial charge >= 0.3 is 5.97 Å². The van der Waals surface area contributed by atoms with E-state index in [0.29, 0.717) is 31.0 Å². The second-order valence-electron chi connectivity index (χ2n) is 11.2. The van der Waals surface area contributed by atoms with Gasteiger partial charge in [-0.15, -0.1) is 10.2 Å². The van der Waals surface area contributed by atoms with E-state index in [0.717, 1.165) is 59.1 Å². The molecule has 1 aliphatic rings. The molecule has 0 aliphatic heterocycles. The van der Waals surface area contributed by atoms with Crippen molar-refractivity contribution >= 4 is 11.9 Å². The summed E-state index contributed by atoms with van der Waals surface area (Å²) in [5, 5.41) is 25.1. The molecule has 0 radical (unpaired) electrons. The lowest BCUT2D eigenvalue weighted by molar-refractivity contribution is -0.163. The highest BCUT2D eigenvalue weighted by Crippen LogP contribution is 2.39. The summed E-state index contributed by atoms with van der Waals surface area (Å²) in [5.41, 5.74) is 4.69. The van der Waals surface area contributed by atoms with E-state index in [1.165, 1.54) is 0 Å². The Morgan fingerprint density at radius 2 is 1.66 bits per heavy atom. The first kappa shape index (κ1) is 28.2. The van der Waals surface area contributed by atoms with Crippen molar-refractivity contribution in [2.75, 3.05) is 0 Å². The zero-order valence-electron chi connectivity index (χ0n) is 23.7. The zero-order valence-corrected chi connectivity index (χ0v) is 23.7. The minimum Gasteiger partial charge on any atom is -0.479 e. The number of benzene rings is 3. The number of rotatable bonds is 10. The number of H-pyrrole nitrogens is 1. The lowest BCUT2D eigenvalue weighted by Crippen LogP contribution is -2.58. The van der Waals surface area contributed by atoms with E-state index in [1.54, 1.807) is 4.90 Å². The van der Waals surface area contributed by atoms with Gasteiger partial charge in [-0.25, -0.2) is 4.79 Å². The topological polar surface area (TPSA) is 112 Å². The molecule has 1 aliphatic carbocycles. The number of nitrogens with zero attached hydrogens (tertiary/aromatic N) is 4. The number of hydrogen-bond donors (Lipinski definition) is 2. The van der Waals surface area contributed by atoms with Gasteiger partial charge in [-0.3, -0.25) is 4.79 Å². The number of carbonyl (C=O) groups is 2. The van der Waals surface area contributed by atoms with Gasteiger partial charge in [-0.2, -0.15) is 5.21 Å². The van der Waals surface area contributed by atoms with E-state index in [4.69, 9.17) is 0 Å². The molecule has 1 heterocycles. The molecule has 8 nitrogen and oxygen atoms in total. The van der Waals surface area contributed by atoms with Gasteiger partial charge in [0, 0.05) is 18.5 Å². The van der Waals surface area contributed by atoms with Crippen molar-refractivity contribution in [2.24, 2.45) is 5.92 Å². The molecular weight excluding hydrogens is 514 g/mol. The number of nitrogens with one attached hydrogen (secondary N) is 1. The molecule has 3 aromatic carbocycles. The molecule has 5 rings (SSSR count). The third-order valence-corrected chi connectivity index (χ3v) is 8.38. The second kappa shape index (κ2) is 12.5. The summed E-state index contributed by atoms with van der Waals surface area (Å²) < 4.78 is 0. The van der Waals surface area contributed by atoms with E-state index in [9.17, 15) is 14.7 Å². The summed E-state index contributed by atoms with van der Waals surface area (Å²) in [7, 11) is 0. The first-order chi connectivity index (χ1) is 19.9. The molecule has 1 amide bonds. The standard InChI is InChI=1S/C33H37N5O3/c1-3-4-10-30(39)38(33(32(40)41)19-17-23(2)18-20-33)22-24-11-13-26(14-12-24)29-21-27(25-8-6-5-7-9-25)15-16-28(29)31-34-36-37-35-31/h5-9,11-16,21,23H,3-4,10,17-20,22H2,1-2H3,(H,40,41)(H,34,35,36,37)/t23-,33-. The zero-order chi connectivity index (χ0) is 28.8. The average Bonchev–Trinajstić information content (AvgIpc) is 3.55. The first-order valence-electron chi connectivity index (χ1n) is 14.5. The number of hydrogen-bond acceptors (Lipinski definition) is 5. The molecule has 0 bridgehead atoms. The molecule has 0 spiro atoms. The van der Waals surface area contributed by atoms with Crippen molar-refractivity contribution in [3.8, 4) is 33.6 Å². The van der Waals surface area contributed by atoms with Crippen LogP contribution in [0.5, 0.6) is 0 Å². The molecule has 4 aromatic rings. The maximum Gasteiger partial charge on any atom is 0.329 e. The van der Waals surface area contributed by atoms with Crippen LogP contribution in [0.25, 0.3) is 33.6 Å². The molecule has 2 N–H and O–H groups in total. The average molecular weight is 552 g/mol. The van der Waals surface area contributed by atoms with Gasteiger partial charge in [-0.1, -0.05) is 80.9 Å². The maximum atomic E-state index is 13.5. The quantitative estimate of drug-likeness (QED) is 0.225. The highest BCUT2D eigenvalue weighted by atomic mass is 16.4. The van der Waals surface area contributed by atoms with Crippen LogP contribution < -0.4 is 0 Å². The Bertz CT molecular complexity index is 1460. The Morgan fingerprint density at radius 3 is 2.29 bits per heavy atom. The third-order valence-electron chi connectivity index (χ3n) is 8.38. The molecule has 1 fully saturated rings. The fourth-order valence-corrected chi connectivity index (χ4v) is 5.82. The Balaban J connectivity index is 1.48. The first-order valence-corrected chi connectivity index (χ1v) is 14.5. The summed E-state index contributed by atoms with van der Waals surface area (Å²) in [4.78, 5) is 27.9. The fraction of sp³-hybridized carbons (Fsp3) is 0.364. The number of carboxylic acids is 1. The van der Waals surface area contributed by atoms with Gasteiger partial charge in [0.15, 0.2) is 0 Å². The molecule has 0 atom stereocenters. The molecule has 0 saturated heterocycles. The maximum absolute atomic E-state index is 13.5. The van der Waals surface area contributed by atoms with Crippen LogP contribution in [0, 0.1) is 5.92 Å². The number of carboxylic acid groups (broad SMARTS) is 1. The van der Waals surface area contributed by atoms with Crippen molar-refractivity contribution in [3.63, 3.8) is 0 Å². The van der Waals surface area contributed by atoms with E-state index in [-0.39, 0.29) is 12.5 Å². The molecule has 0 unspecified atom stereocenters. The third kappa shape index (κ3) is 6.06.